The van der Waals surface area contributed by atoms with E-state index in [4.69, 9.17) is 21.2 Å². The van der Waals surface area contributed by atoms with Crippen molar-refractivity contribution in [1.29, 1.82) is 5.26 Å². The molecule has 1 aliphatic carbocycles. The topological polar surface area (TPSA) is 93.3 Å². The lowest BCUT2D eigenvalue weighted by molar-refractivity contribution is -0.155. The van der Waals surface area contributed by atoms with Crippen LogP contribution in [-0.4, -0.2) is 31.6 Å². The van der Waals surface area contributed by atoms with Gasteiger partial charge in [0.2, 0.25) is 0 Å². The fourth-order valence-corrected chi connectivity index (χ4v) is 5.01. The summed E-state index contributed by atoms with van der Waals surface area (Å²) in [6.45, 7) is 5.96. The number of hydrogen-bond donors (Lipinski definition) is 0. The van der Waals surface area contributed by atoms with Gasteiger partial charge in [-0.2, -0.15) is 5.26 Å². The molecule has 2 heterocycles. The number of benzene rings is 2. The summed E-state index contributed by atoms with van der Waals surface area (Å²) in [6, 6.07) is 15.6. The molecule has 0 radical (unpaired) electrons. The van der Waals surface area contributed by atoms with Gasteiger partial charge in [-0.25, -0.2) is 4.79 Å². The van der Waals surface area contributed by atoms with Crippen molar-refractivity contribution in [2.24, 2.45) is 0 Å². The van der Waals surface area contributed by atoms with Gasteiger partial charge in [-0.15, -0.1) is 15.3 Å². The summed E-state index contributed by atoms with van der Waals surface area (Å²) in [4.78, 5) is 17.9. The number of rotatable bonds is 3. The van der Waals surface area contributed by atoms with Crippen molar-refractivity contribution < 1.29 is 14.4 Å². The number of ether oxygens (including phenoxy) is 1. The van der Waals surface area contributed by atoms with Crippen LogP contribution < -0.4 is 0 Å². The Morgan fingerprint density at radius 3 is 2.73 bits per heavy atom. The van der Waals surface area contributed by atoms with E-state index in [-0.39, 0.29) is 12.5 Å². The number of aromatic nitrogens is 3. The lowest BCUT2D eigenvalue weighted by atomic mass is 9.85. The molecule has 0 saturated heterocycles. The van der Waals surface area contributed by atoms with Crippen LogP contribution in [0.4, 0.5) is 4.79 Å². The lowest BCUT2D eigenvalue weighted by Gasteiger charge is -2.23. The molecular formula is C28H28ClN5O3. The Morgan fingerprint density at radius 1 is 1.16 bits per heavy atom. The van der Waals surface area contributed by atoms with Crippen LogP contribution in [0.5, 0.6) is 0 Å². The summed E-state index contributed by atoms with van der Waals surface area (Å²) in [5.41, 5.74) is 4.15. The average molecular weight is 518 g/mol. The number of hydroxylamine groups is 2. The van der Waals surface area contributed by atoms with Gasteiger partial charge in [0.05, 0.1) is 30.4 Å². The van der Waals surface area contributed by atoms with E-state index in [2.05, 4.69) is 33.0 Å². The van der Waals surface area contributed by atoms with Gasteiger partial charge in [0.1, 0.15) is 11.4 Å². The van der Waals surface area contributed by atoms with Crippen molar-refractivity contribution in [3.63, 3.8) is 0 Å². The Kier molecular flexibility index (Phi) is 6.76. The summed E-state index contributed by atoms with van der Waals surface area (Å²) in [5, 5.41) is 20.5. The molecule has 0 bridgehead atoms. The first-order chi connectivity index (χ1) is 17.7. The molecule has 3 aromatic rings. The normalized spacial score (nSPS) is 17.6. The number of fused-ring (bicyclic) bond motifs is 3. The number of hydrogen-bond acceptors (Lipinski definition) is 7. The molecule has 190 valence electrons. The Morgan fingerprint density at radius 2 is 2.00 bits per heavy atom. The molecule has 9 heteroatoms. The highest BCUT2D eigenvalue weighted by Crippen LogP contribution is 2.38. The van der Waals surface area contributed by atoms with Crippen LogP contribution >= 0.6 is 11.6 Å². The van der Waals surface area contributed by atoms with Gasteiger partial charge < -0.3 is 9.57 Å². The third-order valence-corrected chi connectivity index (χ3v) is 6.67. The van der Waals surface area contributed by atoms with Crippen molar-refractivity contribution in [3.8, 4) is 11.8 Å². The van der Waals surface area contributed by atoms with Crippen molar-refractivity contribution in [3.05, 3.63) is 81.9 Å². The van der Waals surface area contributed by atoms with E-state index >= 15 is 0 Å². The minimum Gasteiger partial charge on any atom is -0.427 e. The summed E-state index contributed by atoms with van der Waals surface area (Å²) >= 11 is 6.34. The fraction of sp³-hybridized carbons (Fsp3) is 0.357. The van der Waals surface area contributed by atoms with Crippen LogP contribution in [0.25, 0.3) is 11.3 Å². The minimum atomic E-state index is -0.769. The number of nitrogens with zero attached hydrogens (tertiary/aromatic N) is 5. The van der Waals surface area contributed by atoms with Crippen molar-refractivity contribution in [2.75, 3.05) is 0 Å². The first kappa shape index (κ1) is 25.0. The molecule has 0 amide bonds. The number of carbonyl (C=O) groups is 1. The molecule has 0 saturated carbocycles. The SMILES string of the molecule is CC(C)(C)OC(=O)ON1Cc2cc(Cl)ccc2-n2c(nnc2C2CC=C(c3cccc(C#N)c3)CC2)C1. The molecule has 1 atom stereocenters. The Bertz CT molecular complexity index is 1420. The highest BCUT2D eigenvalue weighted by atomic mass is 35.5. The zero-order valence-corrected chi connectivity index (χ0v) is 21.8. The van der Waals surface area contributed by atoms with Crippen LogP contribution in [0.1, 0.15) is 74.3 Å². The van der Waals surface area contributed by atoms with Crippen LogP contribution in [-0.2, 0) is 22.7 Å². The number of nitriles is 1. The van der Waals surface area contributed by atoms with Crippen LogP contribution in [0.2, 0.25) is 5.02 Å². The predicted octanol–water partition coefficient (Wildman–Crippen LogP) is 6.33. The smallest absolute Gasteiger partial charge is 0.427 e. The first-order valence-electron chi connectivity index (χ1n) is 12.3. The summed E-state index contributed by atoms with van der Waals surface area (Å²) < 4.78 is 7.42. The Labute approximate surface area is 221 Å². The second-order valence-electron chi connectivity index (χ2n) is 10.3. The molecule has 0 fully saturated rings. The van der Waals surface area contributed by atoms with E-state index in [1.165, 1.54) is 10.6 Å². The largest absolute Gasteiger partial charge is 0.528 e. The first-order valence-corrected chi connectivity index (χ1v) is 12.7. The molecule has 1 aliphatic heterocycles. The van der Waals surface area contributed by atoms with E-state index in [1.54, 1.807) is 20.8 Å². The highest BCUT2D eigenvalue weighted by Gasteiger charge is 2.31. The number of halogens is 1. The van der Waals surface area contributed by atoms with Gasteiger partial charge in [-0.3, -0.25) is 4.57 Å². The maximum absolute atomic E-state index is 12.4. The van der Waals surface area contributed by atoms with Crippen molar-refractivity contribution >= 4 is 23.3 Å². The quantitative estimate of drug-likeness (QED) is 0.375. The maximum Gasteiger partial charge on any atom is 0.528 e. The summed E-state index contributed by atoms with van der Waals surface area (Å²) in [5.74, 6) is 1.72. The van der Waals surface area contributed by atoms with E-state index in [0.29, 0.717) is 23.0 Å². The second kappa shape index (κ2) is 10.0. The second-order valence-corrected chi connectivity index (χ2v) is 10.8. The Balaban J connectivity index is 1.44. The van der Waals surface area contributed by atoms with Crippen molar-refractivity contribution in [2.45, 2.75) is 64.6 Å². The monoisotopic (exact) mass is 517 g/mol. The number of allylic oxidation sites excluding steroid dienone is 2. The molecule has 5 rings (SSSR count). The van der Waals surface area contributed by atoms with E-state index < -0.39 is 11.8 Å². The van der Waals surface area contributed by atoms with E-state index in [1.807, 2.05) is 36.4 Å². The van der Waals surface area contributed by atoms with Gasteiger partial charge in [0.15, 0.2) is 5.82 Å². The third kappa shape index (κ3) is 5.53. The zero-order valence-electron chi connectivity index (χ0n) is 21.1. The molecule has 2 aromatic carbocycles. The fourth-order valence-electron chi connectivity index (χ4n) is 4.82. The standard InChI is InChI=1S/C28H28ClN5O3/c1-28(2,3)36-27(35)37-33-16-22-14-23(29)11-12-24(22)34-25(17-33)31-32-26(34)20-9-7-19(8-10-20)21-6-4-5-18(13-21)15-30/h4-7,11-14,20H,8-10,16-17H2,1-3H3. The zero-order chi connectivity index (χ0) is 26.2. The molecular weight excluding hydrogens is 490 g/mol. The van der Waals surface area contributed by atoms with E-state index in [0.717, 1.165) is 41.9 Å². The highest BCUT2D eigenvalue weighted by molar-refractivity contribution is 6.30. The van der Waals surface area contributed by atoms with Gasteiger partial charge in [-0.1, -0.05) is 29.8 Å². The molecule has 1 unspecified atom stereocenters. The summed E-state index contributed by atoms with van der Waals surface area (Å²) in [7, 11) is 0. The molecule has 8 nitrogen and oxygen atoms in total. The van der Waals surface area contributed by atoms with Gasteiger partial charge in [0.25, 0.3) is 0 Å². The number of carbonyl (C=O) groups excluding carboxylic acids is 1. The third-order valence-electron chi connectivity index (χ3n) is 6.43. The molecule has 0 N–H and O–H groups in total. The minimum absolute atomic E-state index is 0.172. The van der Waals surface area contributed by atoms with Gasteiger partial charge in [-0.05, 0) is 87.1 Å². The van der Waals surface area contributed by atoms with Crippen LogP contribution in [0.3, 0.4) is 0 Å². The van der Waals surface area contributed by atoms with Crippen LogP contribution in [0, 0.1) is 11.3 Å². The molecule has 37 heavy (non-hydrogen) atoms. The molecule has 0 spiro atoms. The van der Waals surface area contributed by atoms with Crippen molar-refractivity contribution in [1.82, 2.24) is 19.8 Å². The molecule has 1 aromatic heterocycles. The molecule has 2 aliphatic rings. The van der Waals surface area contributed by atoms with E-state index in [9.17, 15) is 10.1 Å². The predicted molar refractivity (Wildman–Crippen MR) is 139 cm³/mol. The maximum atomic E-state index is 12.4. The summed E-state index contributed by atoms with van der Waals surface area (Å²) in [6.07, 6.45) is 4.06. The lowest BCUT2D eigenvalue weighted by Crippen LogP contribution is -2.31. The Hall–Kier alpha value is -3.67. The van der Waals surface area contributed by atoms with Crippen LogP contribution in [0.15, 0.2) is 48.5 Å². The van der Waals surface area contributed by atoms with Gasteiger partial charge >= 0.3 is 6.16 Å². The average Bonchev–Trinajstić information content (AvgIpc) is 3.19. The van der Waals surface area contributed by atoms with Gasteiger partial charge in [0, 0.05) is 10.9 Å².